The summed E-state index contributed by atoms with van der Waals surface area (Å²) in [5, 5.41) is 0. The van der Waals surface area contributed by atoms with Crippen molar-refractivity contribution >= 4 is 0 Å². The topological polar surface area (TPSA) is 57.1 Å². The molecule has 0 unspecified atom stereocenters. The standard InChI is InChI=1S/C42H29N3O2/c1-42(2)33-22-12-11-19-29(33)32-24-36-37(25-34(32)42)47-38-31(21-13-23-35(38)46-36)41-44-39(27-16-7-4-8-17-27)43-40(45-41)30-20-10-9-18-28(30)26-14-5-3-6-15-26/h3-25H,1-2H3. The van der Waals surface area contributed by atoms with Crippen LogP contribution in [0.25, 0.3) is 56.4 Å². The molecule has 0 bridgehead atoms. The normalized spacial score (nSPS) is 13.4. The van der Waals surface area contributed by atoms with Crippen molar-refractivity contribution < 1.29 is 9.47 Å². The molecule has 47 heavy (non-hydrogen) atoms. The largest absolute Gasteiger partial charge is 0.449 e. The summed E-state index contributed by atoms with van der Waals surface area (Å²) in [6.45, 7) is 4.52. The van der Waals surface area contributed by atoms with Crippen molar-refractivity contribution in [1.29, 1.82) is 0 Å². The second-order valence-corrected chi connectivity index (χ2v) is 12.4. The highest BCUT2D eigenvalue weighted by Gasteiger charge is 2.37. The highest BCUT2D eigenvalue weighted by Crippen LogP contribution is 2.56. The van der Waals surface area contributed by atoms with E-state index in [1.807, 2.05) is 78.9 Å². The molecule has 0 saturated carbocycles. The molecule has 0 radical (unpaired) electrons. The molecule has 0 spiro atoms. The van der Waals surface area contributed by atoms with Gasteiger partial charge in [-0.1, -0.05) is 129 Å². The van der Waals surface area contributed by atoms with E-state index >= 15 is 0 Å². The molecule has 7 aromatic rings. The summed E-state index contributed by atoms with van der Waals surface area (Å²) in [5.41, 5.74) is 9.46. The van der Waals surface area contributed by atoms with E-state index in [0.29, 0.717) is 40.5 Å². The molecule has 2 aliphatic rings. The maximum absolute atomic E-state index is 6.74. The van der Waals surface area contributed by atoms with Crippen LogP contribution >= 0.6 is 0 Å². The zero-order valence-electron chi connectivity index (χ0n) is 25.9. The number of rotatable bonds is 4. The molecule has 0 N–H and O–H groups in total. The minimum absolute atomic E-state index is 0.163. The zero-order chi connectivity index (χ0) is 31.5. The number of hydrogen-bond donors (Lipinski definition) is 0. The Morgan fingerprint density at radius 3 is 1.74 bits per heavy atom. The van der Waals surface area contributed by atoms with Crippen molar-refractivity contribution in [2.24, 2.45) is 0 Å². The average Bonchev–Trinajstić information content (AvgIpc) is 3.35. The predicted molar refractivity (Wildman–Crippen MR) is 186 cm³/mol. The van der Waals surface area contributed by atoms with Gasteiger partial charge in [-0.3, -0.25) is 0 Å². The van der Waals surface area contributed by atoms with E-state index in [2.05, 4.69) is 74.5 Å². The van der Waals surface area contributed by atoms with Gasteiger partial charge in [0.2, 0.25) is 0 Å². The first-order valence-corrected chi connectivity index (χ1v) is 15.8. The van der Waals surface area contributed by atoms with Crippen molar-refractivity contribution in [3.63, 3.8) is 0 Å². The van der Waals surface area contributed by atoms with E-state index in [0.717, 1.165) is 27.8 Å². The molecular formula is C42H29N3O2. The molecule has 0 saturated heterocycles. The fourth-order valence-electron chi connectivity index (χ4n) is 6.85. The summed E-state index contributed by atoms with van der Waals surface area (Å²) in [7, 11) is 0. The maximum Gasteiger partial charge on any atom is 0.181 e. The molecule has 0 amide bonds. The van der Waals surface area contributed by atoms with E-state index in [1.54, 1.807) is 0 Å². The smallest absolute Gasteiger partial charge is 0.181 e. The van der Waals surface area contributed by atoms with Crippen LogP contribution in [0.2, 0.25) is 0 Å². The second-order valence-electron chi connectivity index (χ2n) is 12.4. The number of ether oxygens (including phenoxy) is 2. The average molecular weight is 608 g/mol. The predicted octanol–water partition coefficient (Wildman–Crippen LogP) is 10.7. The first-order valence-electron chi connectivity index (χ1n) is 15.8. The monoisotopic (exact) mass is 607 g/mol. The lowest BCUT2D eigenvalue weighted by atomic mass is 9.82. The number of para-hydroxylation sites is 1. The lowest BCUT2D eigenvalue weighted by Gasteiger charge is -2.26. The Bertz CT molecular complexity index is 2330. The Hall–Kier alpha value is -6.07. The third-order valence-electron chi connectivity index (χ3n) is 9.22. The van der Waals surface area contributed by atoms with Crippen LogP contribution in [0.15, 0.2) is 140 Å². The fourth-order valence-corrected chi connectivity index (χ4v) is 6.85. The van der Waals surface area contributed by atoms with Crippen LogP contribution < -0.4 is 9.47 Å². The van der Waals surface area contributed by atoms with Crippen LogP contribution in [0.3, 0.4) is 0 Å². The van der Waals surface area contributed by atoms with Gasteiger partial charge in [-0.25, -0.2) is 15.0 Å². The quantitative estimate of drug-likeness (QED) is 0.199. The summed E-state index contributed by atoms with van der Waals surface area (Å²) in [6.07, 6.45) is 0. The molecule has 2 heterocycles. The van der Waals surface area contributed by atoms with E-state index in [1.165, 1.54) is 22.3 Å². The minimum Gasteiger partial charge on any atom is -0.449 e. The van der Waals surface area contributed by atoms with Crippen molar-refractivity contribution in [3.8, 4) is 79.4 Å². The van der Waals surface area contributed by atoms with Gasteiger partial charge in [0, 0.05) is 16.5 Å². The fraction of sp³-hybridized carbons (Fsp3) is 0.0714. The third-order valence-corrected chi connectivity index (χ3v) is 9.22. The molecule has 1 aliphatic heterocycles. The van der Waals surface area contributed by atoms with Gasteiger partial charge in [0.05, 0.1) is 5.56 Å². The van der Waals surface area contributed by atoms with E-state index < -0.39 is 0 Å². The van der Waals surface area contributed by atoms with E-state index in [-0.39, 0.29) is 5.41 Å². The van der Waals surface area contributed by atoms with Crippen LogP contribution in [0.5, 0.6) is 23.0 Å². The first-order chi connectivity index (χ1) is 23.0. The molecule has 9 rings (SSSR count). The van der Waals surface area contributed by atoms with Crippen LogP contribution in [0, 0.1) is 0 Å². The van der Waals surface area contributed by atoms with Crippen molar-refractivity contribution in [2.45, 2.75) is 19.3 Å². The Balaban J connectivity index is 1.20. The summed E-state index contributed by atoms with van der Waals surface area (Å²) in [4.78, 5) is 15.1. The SMILES string of the molecule is CC1(C)c2ccccc2-c2cc3c(cc21)Oc1c(cccc1-c1nc(-c2ccccc2)nc(-c2ccccc2-c2ccccc2)n1)O3. The molecule has 6 aromatic carbocycles. The van der Waals surface area contributed by atoms with Crippen LogP contribution in [-0.4, -0.2) is 15.0 Å². The Morgan fingerprint density at radius 2 is 0.979 bits per heavy atom. The lowest BCUT2D eigenvalue weighted by Crippen LogP contribution is -2.15. The summed E-state index contributed by atoms with van der Waals surface area (Å²) < 4.78 is 13.3. The molecule has 224 valence electrons. The third kappa shape index (κ3) is 4.43. The maximum atomic E-state index is 6.74. The van der Waals surface area contributed by atoms with Crippen molar-refractivity contribution in [2.75, 3.05) is 0 Å². The lowest BCUT2D eigenvalue weighted by molar-refractivity contribution is 0.360. The number of aromatic nitrogens is 3. The number of hydrogen-bond acceptors (Lipinski definition) is 5. The van der Waals surface area contributed by atoms with Crippen LogP contribution in [0.4, 0.5) is 0 Å². The highest BCUT2D eigenvalue weighted by molar-refractivity contribution is 5.85. The van der Waals surface area contributed by atoms with Gasteiger partial charge in [-0.05, 0) is 57.6 Å². The van der Waals surface area contributed by atoms with Gasteiger partial charge in [-0.2, -0.15) is 0 Å². The summed E-state index contributed by atoms with van der Waals surface area (Å²) in [5.74, 6) is 4.25. The number of nitrogens with zero attached hydrogens (tertiary/aromatic N) is 3. The molecule has 1 aliphatic carbocycles. The molecule has 1 aromatic heterocycles. The van der Waals surface area contributed by atoms with Gasteiger partial charge in [-0.15, -0.1) is 0 Å². The zero-order valence-corrected chi connectivity index (χ0v) is 25.9. The number of fused-ring (bicyclic) bond motifs is 5. The van der Waals surface area contributed by atoms with E-state index in [4.69, 9.17) is 24.4 Å². The Labute approximate surface area is 273 Å². The highest BCUT2D eigenvalue weighted by atomic mass is 16.6. The van der Waals surface area contributed by atoms with Gasteiger partial charge < -0.3 is 9.47 Å². The van der Waals surface area contributed by atoms with Crippen LogP contribution in [0.1, 0.15) is 25.0 Å². The summed E-state index contributed by atoms with van der Waals surface area (Å²) in [6, 6.07) is 47.3. The molecule has 5 heteroatoms. The number of benzene rings is 6. The van der Waals surface area contributed by atoms with Crippen LogP contribution in [-0.2, 0) is 5.41 Å². The molecule has 0 atom stereocenters. The van der Waals surface area contributed by atoms with Crippen molar-refractivity contribution in [3.05, 3.63) is 151 Å². The Kier molecular flexibility index (Phi) is 6.09. The molecule has 5 nitrogen and oxygen atoms in total. The molecular weight excluding hydrogens is 578 g/mol. The summed E-state index contributed by atoms with van der Waals surface area (Å²) >= 11 is 0. The van der Waals surface area contributed by atoms with E-state index in [9.17, 15) is 0 Å². The van der Waals surface area contributed by atoms with Gasteiger partial charge in [0.15, 0.2) is 40.5 Å². The van der Waals surface area contributed by atoms with Crippen molar-refractivity contribution in [1.82, 2.24) is 15.0 Å². The Morgan fingerprint density at radius 1 is 0.404 bits per heavy atom. The van der Waals surface area contributed by atoms with Gasteiger partial charge in [0.25, 0.3) is 0 Å². The molecule has 0 fully saturated rings. The van der Waals surface area contributed by atoms with Gasteiger partial charge >= 0.3 is 0 Å². The second kappa shape index (κ2) is 10.5. The minimum atomic E-state index is -0.163. The first kappa shape index (κ1) is 27.3. The van der Waals surface area contributed by atoms with Gasteiger partial charge in [0.1, 0.15) is 0 Å².